The fourth-order valence-electron chi connectivity index (χ4n) is 6.06. The Bertz CT molecular complexity index is 897. The normalized spacial score (nSPS) is 36.1. The smallest absolute Gasteiger partial charge is 0.247 e. The highest BCUT2D eigenvalue weighted by Gasteiger charge is 2.73. The first-order valence-electron chi connectivity index (χ1n) is 12.0. The van der Waals surface area contributed by atoms with Crippen molar-refractivity contribution in [3.63, 3.8) is 0 Å². The minimum Gasteiger partial charge on any atom is -0.396 e. The van der Waals surface area contributed by atoms with Crippen LogP contribution in [0.4, 0.5) is 0 Å². The maximum absolute atomic E-state index is 14.1. The molecule has 0 aromatic heterocycles. The van der Waals surface area contributed by atoms with Gasteiger partial charge in [-0.05, 0) is 47.0 Å². The van der Waals surface area contributed by atoms with E-state index in [1.807, 2.05) is 44.7 Å². The number of aliphatic hydroxyl groups is 1. The molecule has 33 heavy (non-hydrogen) atoms. The van der Waals surface area contributed by atoms with E-state index in [4.69, 9.17) is 5.11 Å². The number of hydrogen-bond acceptors (Lipinski definition) is 5. The summed E-state index contributed by atoms with van der Waals surface area (Å²) in [5.41, 5.74) is -0.385. The molecule has 4 rings (SSSR count). The summed E-state index contributed by atoms with van der Waals surface area (Å²) in [7, 11) is 1.78. The molecular formula is C25H37N3O4S. The molecule has 0 radical (unpaired) electrons. The van der Waals surface area contributed by atoms with E-state index in [9.17, 15) is 14.4 Å². The zero-order valence-electron chi connectivity index (χ0n) is 20.4. The number of carbonyl (C=O) groups excluding carboxylic acids is 3. The van der Waals surface area contributed by atoms with Gasteiger partial charge in [0.1, 0.15) is 6.04 Å². The first-order valence-corrected chi connectivity index (χ1v) is 12.8. The van der Waals surface area contributed by atoms with Crippen LogP contribution < -0.4 is 0 Å². The molecule has 0 bridgehead atoms. The molecule has 2 fully saturated rings. The average Bonchev–Trinajstić information content (AvgIpc) is 2.99. The molecule has 1 unspecified atom stereocenters. The molecule has 4 heterocycles. The summed E-state index contributed by atoms with van der Waals surface area (Å²) in [5.74, 6) is -1.24. The van der Waals surface area contributed by atoms with Gasteiger partial charge in [0.15, 0.2) is 0 Å². The van der Waals surface area contributed by atoms with Gasteiger partial charge in [-0.15, -0.1) is 11.8 Å². The maximum atomic E-state index is 14.1. The van der Waals surface area contributed by atoms with Crippen molar-refractivity contribution in [1.29, 1.82) is 0 Å². The van der Waals surface area contributed by atoms with Crippen LogP contribution in [0.3, 0.4) is 0 Å². The Kier molecular flexibility index (Phi) is 6.23. The minimum atomic E-state index is -0.775. The molecule has 0 aromatic rings. The van der Waals surface area contributed by atoms with Gasteiger partial charge in [0.2, 0.25) is 17.7 Å². The zero-order valence-corrected chi connectivity index (χ0v) is 21.2. The van der Waals surface area contributed by atoms with Crippen molar-refractivity contribution in [3.8, 4) is 0 Å². The highest BCUT2D eigenvalue weighted by molar-refractivity contribution is 8.02. The van der Waals surface area contributed by atoms with Gasteiger partial charge >= 0.3 is 0 Å². The van der Waals surface area contributed by atoms with Crippen molar-refractivity contribution in [2.75, 3.05) is 33.3 Å². The van der Waals surface area contributed by atoms with Crippen molar-refractivity contribution >= 4 is 29.5 Å². The number of aliphatic hydroxyl groups excluding tert-OH is 1. The van der Waals surface area contributed by atoms with Crippen LogP contribution in [-0.4, -0.2) is 91.9 Å². The predicted molar refractivity (Wildman–Crippen MR) is 130 cm³/mol. The van der Waals surface area contributed by atoms with Gasteiger partial charge in [-0.25, -0.2) is 0 Å². The number of likely N-dealkylation sites (tertiary alicyclic amines) is 1. The molecular weight excluding hydrogens is 438 g/mol. The van der Waals surface area contributed by atoms with E-state index in [-0.39, 0.29) is 29.9 Å². The molecule has 0 aromatic carbocycles. The van der Waals surface area contributed by atoms with Gasteiger partial charge in [-0.2, -0.15) is 0 Å². The number of amides is 3. The third-order valence-corrected chi connectivity index (χ3v) is 9.42. The fourth-order valence-corrected chi connectivity index (χ4v) is 8.22. The molecule has 5 atom stereocenters. The summed E-state index contributed by atoms with van der Waals surface area (Å²) < 4.78 is -1.33. The Hall–Kier alpha value is -1.80. The van der Waals surface area contributed by atoms with Gasteiger partial charge < -0.3 is 19.8 Å². The van der Waals surface area contributed by atoms with Crippen LogP contribution in [0.5, 0.6) is 0 Å². The third kappa shape index (κ3) is 3.73. The van der Waals surface area contributed by atoms with Crippen LogP contribution in [0.2, 0.25) is 0 Å². The fraction of sp³-hybridized carbons (Fsp3) is 0.720. The van der Waals surface area contributed by atoms with Crippen molar-refractivity contribution in [2.45, 2.75) is 68.0 Å². The van der Waals surface area contributed by atoms with E-state index < -0.39 is 27.4 Å². The molecule has 4 aliphatic heterocycles. The minimum absolute atomic E-state index is 0.0242. The monoisotopic (exact) mass is 475 g/mol. The topological polar surface area (TPSA) is 81.2 Å². The molecule has 3 amide bonds. The summed E-state index contributed by atoms with van der Waals surface area (Å²) in [6.07, 6.45) is 10.4. The van der Waals surface area contributed by atoms with Crippen molar-refractivity contribution in [2.24, 2.45) is 11.8 Å². The highest BCUT2D eigenvalue weighted by Crippen LogP contribution is 2.65. The van der Waals surface area contributed by atoms with Crippen molar-refractivity contribution < 1.29 is 19.5 Å². The summed E-state index contributed by atoms with van der Waals surface area (Å²) in [6.45, 7) is 9.70. The summed E-state index contributed by atoms with van der Waals surface area (Å²) in [5, 5.41) is 9.17. The molecule has 0 aliphatic carbocycles. The number of hydrogen-bond donors (Lipinski definition) is 1. The van der Waals surface area contributed by atoms with E-state index in [2.05, 4.69) is 12.2 Å². The van der Waals surface area contributed by atoms with Crippen LogP contribution in [0.25, 0.3) is 0 Å². The number of thioether (sulfide) groups is 1. The van der Waals surface area contributed by atoms with Gasteiger partial charge in [-0.3, -0.25) is 14.4 Å². The zero-order chi connectivity index (χ0) is 24.2. The summed E-state index contributed by atoms with van der Waals surface area (Å²) in [4.78, 5) is 47.0. The van der Waals surface area contributed by atoms with E-state index in [0.717, 1.165) is 12.8 Å². The molecule has 0 saturated carbocycles. The van der Waals surface area contributed by atoms with Gasteiger partial charge in [0.05, 0.1) is 16.6 Å². The number of nitrogens with zero attached hydrogens (tertiary/aromatic N) is 3. The molecule has 7 nitrogen and oxygen atoms in total. The number of likely N-dealkylation sites (N-methyl/N-ethyl adjacent to an activating group) is 1. The van der Waals surface area contributed by atoms with Crippen LogP contribution in [0.1, 0.15) is 47.0 Å². The molecule has 4 aliphatic rings. The summed E-state index contributed by atoms with van der Waals surface area (Å²) in [6, 6.07) is -0.637. The van der Waals surface area contributed by atoms with Crippen LogP contribution >= 0.6 is 11.8 Å². The van der Waals surface area contributed by atoms with Gasteiger partial charge in [0, 0.05) is 43.6 Å². The Labute approximate surface area is 201 Å². The van der Waals surface area contributed by atoms with Crippen molar-refractivity contribution in [1.82, 2.24) is 14.7 Å². The number of carbonyl (C=O) groups is 3. The second-order valence-electron chi connectivity index (χ2n) is 11.0. The lowest BCUT2D eigenvalue weighted by atomic mass is 9.74. The van der Waals surface area contributed by atoms with E-state index in [1.54, 1.807) is 28.6 Å². The third-order valence-electron chi connectivity index (χ3n) is 7.63. The Morgan fingerprint density at radius 2 is 1.70 bits per heavy atom. The number of unbranched alkanes of at least 4 members (excludes halogenated alkanes) is 2. The van der Waals surface area contributed by atoms with E-state index in [0.29, 0.717) is 26.1 Å². The largest absolute Gasteiger partial charge is 0.396 e. The summed E-state index contributed by atoms with van der Waals surface area (Å²) >= 11 is 1.63. The molecule has 2 saturated heterocycles. The quantitative estimate of drug-likeness (QED) is 0.486. The number of rotatable bonds is 5. The van der Waals surface area contributed by atoms with Crippen LogP contribution in [0, 0.1) is 11.8 Å². The van der Waals surface area contributed by atoms with E-state index in [1.165, 1.54) is 0 Å². The Morgan fingerprint density at radius 3 is 2.36 bits per heavy atom. The SMILES string of the molecule is CN1CC=C[C@@]2(C)S[C@]34C=CCN(C(C)(C)C)C(=O)C3N(CCCCCO)C(=O)[C@@H]4[C@H]2C1=O. The average molecular weight is 476 g/mol. The first kappa shape index (κ1) is 24.3. The molecule has 8 heteroatoms. The second kappa shape index (κ2) is 8.45. The lowest BCUT2D eigenvalue weighted by Gasteiger charge is -2.41. The Balaban J connectivity index is 1.82. The van der Waals surface area contributed by atoms with Crippen molar-refractivity contribution in [3.05, 3.63) is 24.3 Å². The maximum Gasteiger partial charge on any atom is 0.247 e. The highest BCUT2D eigenvalue weighted by atomic mass is 32.2. The molecule has 1 spiro atoms. The standard InChI is InChI=1S/C25H37N3O4S/c1-23(2,3)28-15-10-12-25-18(17-20(30)26(5)13-9-11-24(17,4)33-25)21(31)27(19(25)22(28)32)14-7-6-8-16-29/h9-12,17-19,29H,6-8,13-16H2,1-5H3/t17-,18-,19?,24+,25-/m0/s1. The Morgan fingerprint density at radius 1 is 1.00 bits per heavy atom. The number of fused-ring (bicyclic) bond motifs is 2. The first-order chi connectivity index (χ1) is 15.5. The second-order valence-corrected chi connectivity index (χ2v) is 12.7. The van der Waals surface area contributed by atoms with E-state index >= 15 is 0 Å². The van der Waals surface area contributed by atoms with Gasteiger partial charge in [-0.1, -0.05) is 24.3 Å². The lowest BCUT2D eigenvalue weighted by molar-refractivity contribution is -0.146. The predicted octanol–water partition coefficient (Wildman–Crippen LogP) is 2.06. The van der Waals surface area contributed by atoms with Crippen LogP contribution in [0.15, 0.2) is 24.3 Å². The molecule has 182 valence electrons. The molecule has 1 N–H and O–H groups in total. The van der Waals surface area contributed by atoms with Gasteiger partial charge in [0.25, 0.3) is 0 Å². The van der Waals surface area contributed by atoms with Crippen LogP contribution in [-0.2, 0) is 14.4 Å². The lowest BCUT2D eigenvalue weighted by Crippen LogP contribution is -2.57.